The van der Waals surface area contributed by atoms with Gasteiger partial charge in [-0.1, -0.05) is 37.0 Å². The number of alkyl halides is 3. The Morgan fingerprint density at radius 1 is 1.06 bits per heavy atom. The van der Waals surface area contributed by atoms with Gasteiger partial charge >= 0.3 is 6.36 Å². The van der Waals surface area contributed by atoms with Crippen molar-refractivity contribution in [3.8, 4) is 5.75 Å². The molecule has 0 spiro atoms. The smallest absolute Gasteiger partial charge is 0.406 e. The van der Waals surface area contributed by atoms with Gasteiger partial charge in [-0.15, -0.1) is 13.2 Å². The van der Waals surface area contributed by atoms with Gasteiger partial charge in [0.2, 0.25) is 0 Å². The van der Waals surface area contributed by atoms with E-state index in [0.29, 0.717) is 5.56 Å². The molecule has 1 nitrogen and oxygen atoms in total. The number of hydrogen-bond acceptors (Lipinski definition) is 1. The van der Waals surface area contributed by atoms with E-state index in [1.165, 1.54) is 0 Å². The third-order valence-electron chi connectivity index (χ3n) is 1.49. The SMILES string of the molecule is CC.Cc1c(Cl)cc(OC(F)(F)F)cc1Cl. The average molecular weight is 275 g/mol. The summed E-state index contributed by atoms with van der Waals surface area (Å²) in [6.45, 7) is 5.60. The van der Waals surface area contributed by atoms with E-state index in [1.54, 1.807) is 6.92 Å². The van der Waals surface area contributed by atoms with Crippen molar-refractivity contribution in [1.82, 2.24) is 0 Å². The summed E-state index contributed by atoms with van der Waals surface area (Å²) < 4.78 is 39.0. The zero-order valence-corrected chi connectivity index (χ0v) is 10.5. The maximum atomic E-state index is 11.8. The normalized spacial score (nSPS) is 10.5. The van der Waals surface area contributed by atoms with Crippen molar-refractivity contribution in [2.45, 2.75) is 27.1 Å². The molecule has 0 unspecified atom stereocenters. The van der Waals surface area contributed by atoms with Crippen molar-refractivity contribution < 1.29 is 17.9 Å². The van der Waals surface area contributed by atoms with Crippen LogP contribution in [0, 0.1) is 6.92 Å². The fourth-order valence-corrected chi connectivity index (χ4v) is 1.28. The second-order valence-corrected chi connectivity index (χ2v) is 3.37. The van der Waals surface area contributed by atoms with Gasteiger partial charge in [0.05, 0.1) is 0 Å². The molecule has 0 amide bonds. The summed E-state index contributed by atoms with van der Waals surface area (Å²) in [5.74, 6) is -0.418. The van der Waals surface area contributed by atoms with Gasteiger partial charge < -0.3 is 4.74 Å². The maximum Gasteiger partial charge on any atom is 0.573 e. The first-order valence-electron chi connectivity index (χ1n) is 4.51. The Labute approximate surface area is 102 Å². The molecule has 0 radical (unpaired) electrons. The summed E-state index contributed by atoms with van der Waals surface area (Å²) >= 11 is 11.2. The lowest BCUT2D eigenvalue weighted by Gasteiger charge is -2.10. The zero-order valence-electron chi connectivity index (χ0n) is 8.95. The Morgan fingerprint density at radius 3 is 1.75 bits per heavy atom. The second kappa shape index (κ2) is 6.21. The Kier molecular flexibility index (Phi) is 5.97. The van der Waals surface area contributed by atoms with Crippen molar-refractivity contribution in [3.05, 3.63) is 27.7 Å². The molecule has 0 aromatic heterocycles. The van der Waals surface area contributed by atoms with Crippen LogP contribution in [0.3, 0.4) is 0 Å². The first kappa shape index (κ1) is 15.4. The highest BCUT2D eigenvalue weighted by Gasteiger charge is 2.31. The summed E-state index contributed by atoms with van der Waals surface area (Å²) in [5, 5.41) is 0.272. The van der Waals surface area contributed by atoms with Crippen molar-refractivity contribution in [2.24, 2.45) is 0 Å². The number of hydrogen-bond donors (Lipinski definition) is 0. The van der Waals surface area contributed by atoms with Gasteiger partial charge in [0.25, 0.3) is 0 Å². The van der Waals surface area contributed by atoms with Gasteiger partial charge in [0, 0.05) is 10.0 Å². The Bertz CT molecular complexity index is 327. The average Bonchev–Trinajstić information content (AvgIpc) is 2.14. The van der Waals surface area contributed by atoms with Crippen molar-refractivity contribution >= 4 is 23.2 Å². The monoisotopic (exact) mass is 274 g/mol. The molecule has 6 heteroatoms. The van der Waals surface area contributed by atoms with Gasteiger partial charge in [-0.05, 0) is 24.6 Å². The quantitative estimate of drug-likeness (QED) is 0.682. The highest BCUT2D eigenvalue weighted by molar-refractivity contribution is 6.36. The van der Waals surface area contributed by atoms with Crippen LogP contribution < -0.4 is 4.74 Å². The molecule has 92 valence electrons. The minimum atomic E-state index is -4.73. The van der Waals surface area contributed by atoms with E-state index in [0.717, 1.165) is 12.1 Å². The predicted octanol–water partition coefficient (Wildman–Crippen LogP) is 5.23. The standard InChI is InChI=1S/C8H5Cl2F3O.C2H6/c1-4-6(9)2-5(3-7(4)10)14-8(11,12)13;1-2/h2-3H,1H3;1-2H3. The number of halogens is 5. The van der Waals surface area contributed by atoms with Crippen LogP contribution in [0.5, 0.6) is 5.75 Å². The molecule has 1 rings (SSSR count). The molecule has 0 saturated heterocycles. The van der Waals surface area contributed by atoms with Crippen LogP contribution in [0.2, 0.25) is 10.0 Å². The van der Waals surface area contributed by atoms with E-state index in [2.05, 4.69) is 4.74 Å². The van der Waals surface area contributed by atoms with E-state index < -0.39 is 12.1 Å². The third-order valence-corrected chi connectivity index (χ3v) is 2.27. The van der Waals surface area contributed by atoms with Crippen molar-refractivity contribution in [1.29, 1.82) is 0 Å². The van der Waals surface area contributed by atoms with Gasteiger partial charge in [0.1, 0.15) is 5.75 Å². The third kappa shape index (κ3) is 4.94. The van der Waals surface area contributed by atoms with Crippen LogP contribution in [0.1, 0.15) is 19.4 Å². The molecule has 0 N–H and O–H groups in total. The lowest BCUT2D eigenvalue weighted by Crippen LogP contribution is -2.17. The van der Waals surface area contributed by atoms with E-state index in [1.807, 2.05) is 13.8 Å². The molecular weight excluding hydrogens is 264 g/mol. The first-order valence-corrected chi connectivity index (χ1v) is 5.26. The minimum absolute atomic E-state index is 0.136. The van der Waals surface area contributed by atoms with Crippen LogP contribution in [0.25, 0.3) is 0 Å². The van der Waals surface area contributed by atoms with Crippen molar-refractivity contribution in [2.75, 3.05) is 0 Å². The molecule has 0 aliphatic carbocycles. The van der Waals surface area contributed by atoms with Gasteiger partial charge in [-0.25, -0.2) is 0 Å². The van der Waals surface area contributed by atoms with E-state index in [-0.39, 0.29) is 10.0 Å². The van der Waals surface area contributed by atoms with Gasteiger partial charge in [0.15, 0.2) is 0 Å². The Balaban J connectivity index is 0.00000106. The molecule has 1 aromatic rings. The molecular formula is C10H11Cl2F3O. The lowest BCUT2D eigenvalue weighted by molar-refractivity contribution is -0.274. The van der Waals surface area contributed by atoms with Crippen molar-refractivity contribution in [3.63, 3.8) is 0 Å². The fourth-order valence-electron chi connectivity index (χ4n) is 0.815. The molecule has 0 bridgehead atoms. The molecule has 1 aromatic carbocycles. The molecule has 0 aliphatic rings. The zero-order chi connectivity index (χ0) is 12.9. The number of ether oxygens (including phenoxy) is 1. The summed E-state index contributed by atoms with van der Waals surface area (Å²) in [6.07, 6.45) is -4.73. The lowest BCUT2D eigenvalue weighted by atomic mass is 10.2. The first-order chi connectivity index (χ1) is 7.29. The maximum absolute atomic E-state index is 11.8. The fraction of sp³-hybridized carbons (Fsp3) is 0.400. The predicted molar refractivity (Wildman–Crippen MR) is 59.2 cm³/mol. The Hall–Kier alpha value is -0.610. The van der Waals surface area contributed by atoms with E-state index >= 15 is 0 Å². The molecule has 0 saturated carbocycles. The van der Waals surface area contributed by atoms with Crippen LogP contribution in [0.4, 0.5) is 13.2 Å². The van der Waals surface area contributed by atoms with E-state index in [4.69, 9.17) is 23.2 Å². The summed E-state index contributed by atoms with van der Waals surface area (Å²) in [5.41, 5.74) is 0.517. The van der Waals surface area contributed by atoms with Crippen LogP contribution >= 0.6 is 23.2 Å². The summed E-state index contributed by atoms with van der Waals surface area (Å²) in [6, 6.07) is 2.13. The molecule has 0 fully saturated rings. The van der Waals surface area contributed by atoms with Gasteiger partial charge in [-0.3, -0.25) is 0 Å². The largest absolute Gasteiger partial charge is 0.573 e. The molecule has 16 heavy (non-hydrogen) atoms. The number of benzene rings is 1. The van der Waals surface area contributed by atoms with Gasteiger partial charge in [-0.2, -0.15) is 0 Å². The van der Waals surface area contributed by atoms with Crippen LogP contribution in [-0.2, 0) is 0 Å². The second-order valence-electron chi connectivity index (χ2n) is 2.56. The highest BCUT2D eigenvalue weighted by atomic mass is 35.5. The highest BCUT2D eigenvalue weighted by Crippen LogP contribution is 2.32. The summed E-state index contributed by atoms with van der Waals surface area (Å²) in [7, 11) is 0. The van der Waals surface area contributed by atoms with Crippen LogP contribution in [0.15, 0.2) is 12.1 Å². The molecule has 0 atom stereocenters. The van der Waals surface area contributed by atoms with E-state index in [9.17, 15) is 13.2 Å². The summed E-state index contributed by atoms with van der Waals surface area (Å²) in [4.78, 5) is 0. The Morgan fingerprint density at radius 2 is 1.44 bits per heavy atom. The minimum Gasteiger partial charge on any atom is -0.406 e. The molecule has 0 aliphatic heterocycles. The number of rotatable bonds is 1. The topological polar surface area (TPSA) is 9.23 Å². The van der Waals surface area contributed by atoms with Crippen LogP contribution in [-0.4, -0.2) is 6.36 Å². The molecule has 0 heterocycles.